The highest BCUT2D eigenvalue weighted by Gasteiger charge is 2.23. The van der Waals surface area contributed by atoms with Gasteiger partial charge in [-0.2, -0.15) is 0 Å². The first-order chi connectivity index (χ1) is 9.69. The van der Waals surface area contributed by atoms with E-state index in [0.29, 0.717) is 37.1 Å². The minimum Gasteiger partial charge on any atom is -0.360 e. The lowest BCUT2D eigenvalue weighted by Crippen LogP contribution is -2.48. The van der Waals surface area contributed by atoms with Crippen molar-refractivity contribution in [2.45, 2.75) is 0 Å². The van der Waals surface area contributed by atoms with Gasteiger partial charge >= 0.3 is 0 Å². The molecule has 0 aliphatic carbocycles. The first-order valence-corrected chi connectivity index (χ1v) is 6.44. The monoisotopic (exact) mass is 275 g/mol. The predicted molar refractivity (Wildman–Crippen MR) is 71.8 cm³/mol. The average molecular weight is 275 g/mol. The zero-order chi connectivity index (χ0) is 14.1. The molecule has 0 radical (unpaired) electrons. The Balaban J connectivity index is 1.86. The van der Waals surface area contributed by atoms with Gasteiger partial charge in [-0.15, -0.1) is 0 Å². The van der Waals surface area contributed by atoms with Gasteiger partial charge in [0.15, 0.2) is 0 Å². The number of aromatic nitrogens is 1. The Morgan fingerprint density at radius 1 is 1.25 bits per heavy atom. The molecule has 2 heterocycles. The summed E-state index contributed by atoms with van der Waals surface area (Å²) in [7, 11) is 0. The van der Waals surface area contributed by atoms with Crippen molar-refractivity contribution in [2.24, 2.45) is 0 Å². The Hall–Kier alpha value is -2.37. The Morgan fingerprint density at radius 2 is 2.00 bits per heavy atom. The number of hydrogen-bond acceptors (Lipinski definition) is 2. The normalized spacial score (nSPS) is 15.7. The number of piperazine rings is 1. The molecule has 0 spiro atoms. The molecule has 1 aromatic heterocycles. The molecule has 1 fully saturated rings. The number of aromatic amines is 1. The van der Waals surface area contributed by atoms with Crippen LogP contribution in [-0.2, 0) is 4.79 Å². The summed E-state index contributed by atoms with van der Waals surface area (Å²) in [4.78, 5) is 29.4. The second-order valence-electron chi connectivity index (χ2n) is 4.83. The quantitative estimate of drug-likeness (QED) is 0.838. The van der Waals surface area contributed by atoms with Crippen molar-refractivity contribution in [3.8, 4) is 0 Å². The fraction of sp³-hybridized carbons (Fsp3) is 0.286. The summed E-state index contributed by atoms with van der Waals surface area (Å²) >= 11 is 0. The van der Waals surface area contributed by atoms with Gasteiger partial charge in [0.2, 0.25) is 6.41 Å². The highest BCUT2D eigenvalue weighted by Crippen LogP contribution is 2.21. The second-order valence-corrected chi connectivity index (χ2v) is 4.83. The van der Waals surface area contributed by atoms with Gasteiger partial charge in [-0.25, -0.2) is 4.39 Å². The van der Waals surface area contributed by atoms with Crippen LogP contribution in [0.5, 0.6) is 0 Å². The maximum Gasteiger partial charge on any atom is 0.256 e. The van der Waals surface area contributed by atoms with Gasteiger partial charge in [-0.05, 0) is 18.2 Å². The predicted octanol–water partition coefficient (Wildman–Crippen LogP) is 1.22. The summed E-state index contributed by atoms with van der Waals surface area (Å²) in [5.41, 5.74) is 1.21. The number of carbonyl (C=O) groups is 2. The van der Waals surface area contributed by atoms with E-state index >= 15 is 0 Å². The van der Waals surface area contributed by atoms with E-state index in [1.807, 2.05) is 0 Å². The van der Waals surface area contributed by atoms with E-state index in [0.717, 1.165) is 11.9 Å². The molecule has 5 nitrogen and oxygen atoms in total. The molecule has 0 bridgehead atoms. The number of amides is 2. The number of fused-ring (bicyclic) bond motifs is 1. The van der Waals surface area contributed by atoms with Gasteiger partial charge in [0.05, 0.1) is 5.56 Å². The Morgan fingerprint density at radius 3 is 2.70 bits per heavy atom. The van der Waals surface area contributed by atoms with Gasteiger partial charge in [0.25, 0.3) is 5.91 Å². The van der Waals surface area contributed by atoms with Crippen molar-refractivity contribution in [2.75, 3.05) is 26.2 Å². The highest BCUT2D eigenvalue weighted by atomic mass is 19.1. The summed E-state index contributed by atoms with van der Waals surface area (Å²) in [5, 5.41) is 0.591. The third-order valence-corrected chi connectivity index (χ3v) is 3.62. The number of halogens is 1. The lowest BCUT2D eigenvalue weighted by molar-refractivity contribution is -0.119. The number of hydrogen-bond donors (Lipinski definition) is 1. The molecule has 6 heteroatoms. The Labute approximate surface area is 115 Å². The van der Waals surface area contributed by atoms with Crippen LogP contribution in [0, 0.1) is 5.82 Å². The van der Waals surface area contributed by atoms with Crippen LogP contribution < -0.4 is 0 Å². The SMILES string of the molecule is O=CN1CCN(C(=O)c2c[nH]c3ccc(F)cc23)CC1. The second kappa shape index (κ2) is 4.96. The van der Waals surface area contributed by atoms with Crippen molar-refractivity contribution in [3.05, 3.63) is 35.8 Å². The van der Waals surface area contributed by atoms with Crippen LogP contribution in [0.25, 0.3) is 10.9 Å². The zero-order valence-corrected chi connectivity index (χ0v) is 10.8. The minimum absolute atomic E-state index is 0.132. The first-order valence-electron chi connectivity index (χ1n) is 6.44. The molecule has 3 rings (SSSR count). The molecule has 0 saturated carbocycles. The van der Waals surface area contributed by atoms with Gasteiger partial charge in [-0.3, -0.25) is 9.59 Å². The maximum atomic E-state index is 13.3. The fourth-order valence-corrected chi connectivity index (χ4v) is 2.47. The fourth-order valence-electron chi connectivity index (χ4n) is 2.47. The molecule has 1 aliphatic heterocycles. The van der Waals surface area contributed by atoms with Crippen LogP contribution in [0.4, 0.5) is 4.39 Å². The van der Waals surface area contributed by atoms with Crippen molar-refractivity contribution < 1.29 is 14.0 Å². The van der Waals surface area contributed by atoms with E-state index in [-0.39, 0.29) is 11.7 Å². The summed E-state index contributed by atoms with van der Waals surface area (Å²) in [6.45, 7) is 2.07. The molecule has 2 amide bonds. The Kier molecular flexibility index (Phi) is 3.14. The number of benzene rings is 1. The number of nitrogens with zero attached hydrogens (tertiary/aromatic N) is 2. The smallest absolute Gasteiger partial charge is 0.256 e. The van der Waals surface area contributed by atoms with Gasteiger partial charge in [0, 0.05) is 43.3 Å². The lowest BCUT2D eigenvalue weighted by atomic mass is 10.1. The van der Waals surface area contributed by atoms with Gasteiger partial charge in [-0.1, -0.05) is 0 Å². The van der Waals surface area contributed by atoms with Crippen LogP contribution in [0.2, 0.25) is 0 Å². The number of rotatable bonds is 2. The van der Waals surface area contributed by atoms with Crippen molar-refractivity contribution >= 4 is 23.2 Å². The van der Waals surface area contributed by atoms with Crippen LogP contribution in [0.15, 0.2) is 24.4 Å². The molecule has 1 N–H and O–H groups in total. The molecule has 1 saturated heterocycles. The molecule has 2 aromatic rings. The molecular weight excluding hydrogens is 261 g/mol. The zero-order valence-electron chi connectivity index (χ0n) is 10.8. The standard InChI is InChI=1S/C14H14FN3O2/c15-10-1-2-13-11(7-10)12(8-16-13)14(20)18-5-3-17(9-19)4-6-18/h1-2,7-9,16H,3-6H2. The molecule has 104 valence electrons. The maximum absolute atomic E-state index is 13.3. The molecule has 1 aliphatic rings. The van der Waals surface area contributed by atoms with Crippen molar-refractivity contribution in [1.82, 2.24) is 14.8 Å². The number of carbonyl (C=O) groups excluding carboxylic acids is 2. The number of nitrogens with one attached hydrogen (secondary N) is 1. The van der Waals surface area contributed by atoms with Crippen LogP contribution in [-0.4, -0.2) is 53.3 Å². The van der Waals surface area contributed by atoms with E-state index in [1.165, 1.54) is 12.1 Å². The first kappa shape index (κ1) is 12.7. The van der Waals surface area contributed by atoms with E-state index in [1.54, 1.807) is 22.1 Å². The van der Waals surface area contributed by atoms with E-state index in [9.17, 15) is 14.0 Å². The number of H-pyrrole nitrogens is 1. The van der Waals surface area contributed by atoms with E-state index < -0.39 is 0 Å². The third kappa shape index (κ3) is 2.13. The summed E-state index contributed by atoms with van der Waals surface area (Å²) in [6.07, 6.45) is 2.40. The summed E-state index contributed by atoms with van der Waals surface area (Å²) in [5.74, 6) is -0.496. The van der Waals surface area contributed by atoms with Crippen molar-refractivity contribution in [3.63, 3.8) is 0 Å². The molecule has 20 heavy (non-hydrogen) atoms. The summed E-state index contributed by atoms with van der Waals surface area (Å²) < 4.78 is 13.3. The third-order valence-electron chi connectivity index (χ3n) is 3.62. The molecular formula is C14H14FN3O2. The van der Waals surface area contributed by atoms with E-state index in [2.05, 4.69) is 4.98 Å². The lowest BCUT2D eigenvalue weighted by Gasteiger charge is -2.32. The van der Waals surface area contributed by atoms with E-state index in [4.69, 9.17) is 0 Å². The van der Waals surface area contributed by atoms with Gasteiger partial charge < -0.3 is 14.8 Å². The average Bonchev–Trinajstić information content (AvgIpc) is 2.89. The van der Waals surface area contributed by atoms with Crippen LogP contribution in [0.3, 0.4) is 0 Å². The summed E-state index contributed by atoms with van der Waals surface area (Å²) in [6, 6.07) is 4.34. The van der Waals surface area contributed by atoms with Gasteiger partial charge in [0.1, 0.15) is 5.82 Å². The molecule has 1 aromatic carbocycles. The Bertz CT molecular complexity index is 659. The topological polar surface area (TPSA) is 56.4 Å². The molecule has 0 unspecified atom stereocenters. The van der Waals surface area contributed by atoms with Crippen molar-refractivity contribution in [1.29, 1.82) is 0 Å². The largest absolute Gasteiger partial charge is 0.360 e. The molecule has 0 atom stereocenters. The van der Waals surface area contributed by atoms with Crippen LogP contribution >= 0.6 is 0 Å². The minimum atomic E-state index is -0.364. The van der Waals surface area contributed by atoms with Crippen LogP contribution in [0.1, 0.15) is 10.4 Å². The highest BCUT2D eigenvalue weighted by molar-refractivity contribution is 6.06.